The monoisotopic (exact) mass is 328 g/mol. The molecule has 0 saturated carbocycles. The van der Waals surface area contributed by atoms with Gasteiger partial charge in [-0.3, -0.25) is 0 Å². The second kappa shape index (κ2) is 7.03. The van der Waals surface area contributed by atoms with E-state index in [4.69, 9.17) is 4.74 Å². The van der Waals surface area contributed by atoms with Crippen LogP contribution in [0.1, 0.15) is 12.7 Å². The van der Waals surface area contributed by atoms with Gasteiger partial charge < -0.3 is 14.6 Å². The Labute approximate surface area is 138 Å². The molecule has 8 heteroatoms. The van der Waals surface area contributed by atoms with Gasteiger partial charge in [0.1, 0.15) is 5.82 Å². The molecule has 1 N–H and O–H groups in total. The molecule has 0 aliphatic carbocycles. The van der Waals surface area contributed by atoms with Crippen molar-refractivity contribution >= 4 is 5.95 Å². The molecule has 1 aromatic carbocycles. The summed E-state index contributed by atoms with van der Waals surface area (Å²) in [5.74, 6) is 0.968. The number of ether oxygens (including phenoxy) is 1. The highest BCUT2D eigenvalue weighted by Crippen LogP contribution is 2.24. The predicted octanol–water partition coefficient (Wildman–Crippen LogP) is 2.51. The van der Waals surface area contributed by atoms with Crippen molar-refractivity contribution in [3.8, 4) is 17.0 Å². The topological polar surface area (TPSA) is 77.8 Å². The average Bonchev–Trinajstić information content (AvgIpc) is 3.07. The number of hydrogen-bond donors (Lipinski definition) is 1. The first-order valence-corrected chi connectivity index (χ1v) is 7.48. The summed E-state index contributed by atoms with van der Waals surface area (Å²) >= 11 is 0. The molecular formula is C16H17FN6O. The number of anilines is 1. The number of hydrogen-bond acceptors (Lipinski definition) is 6. The molecule has 0 fully saturated rings. The summed E-state index contributed by atoms with van der Waals surface area (Å²) in [6, 6.07) is 4.63. The molecular weight excluding hydrogens is 311 g/mol. The van der Waals surface area contributed by atoms with Crippen molar-refractivity contribution in [3.63, 3.8) is 0 Å². The van der Waals surface area contributed by atoms with Crippen LogP contribution < -0.4 is 10.1 Å². The minimum Gasteiger partial charge on any atom is -0.494 e. The molecule has 3 rings (SSSR count). The number of benzene rings is 1. The molecule has 7 nitrogen and oxygen atoms in total. The quantitative estimate of drug-likeness (QED) is 0.749. The van der Waals surface area contributed by atoms with Gasteiger partial charge in [-0.1, -0.05) is 0 Å². The lowest BCUT2D eigenvalue weighted by molar-refractivity contribution is 0.386. The minimum absolute atomic E-state index is 0.186. The highest BCUT2D eigenvalue weighted by Gasteiger charge is 2.09. The second-order valence-electron chi connectivity index (χ2n) is 5.00. The summed E-state index contributed by atoms with van der Waals surface area (Å²) in [6.45, 7) is 3.35. The van der Waals surface area contributed by atoms with Gasteiger partial charge in [0.25, 0.3) is 0 Å². The lowest BCUT2D eigenvalue weighted by Crippen LogP contribution is -2.10. The van der Waals surface area contributed by atoms with Crippen molar-refractivity contribution in [2.24, 2.45) is 0 Å². The number of nitrogens with zero attached hydrogens (tertiary/aromatic N) is 5. The number of aryl methyl sites for hydroxylation is 1. The third-order valence-corrected chi connectivity index (χ3v) is 3.55. The molecule has 0 saturated heterocycles. The van der Waals surface area contributed by atoms with Gasteiger partial charge in [0.05, 0.1) is 25.5 Å². The lowest BCUT2D eigenvalue weighted by Gasteiger charge is -2.08. The van der Waals surface area contributed by atoms with Crippen molar-refractivity contribution in [2.45, 2.75) is 20.0 Å². The largest absolute Gasteiger partial charge is 0.494 e. The number of aromatic nitrogens is 5. The fraction of sp³-hybridized carbons (Fsp3) is 0.250. The summed E-state index contributed by atoms with van der Waals surface area (Å²) in [6.07, 6.45) is 5.14. The first kappa shape index (κ1) is 15.9. The van der Waals surface area contributed by atoms with E-state index in [1.807, 2.05) is 17.7 Å². The SMILES string of the molecule is CCn1ccnc1CNc1nncc(-c2ccc(OC)c(F)c2)n1. The highest BCUT2D eigenvalue weighted by atomic mass is 19.1. The molecule has 0 aliphatic heterocycles. The van der Waals surface area contributed by atoms with Crippen LogP contribution in [0.2, 0.25) is 0 Å². The summed E-state index contributed by atoms with van der Waals surface area (Å²) in [5.41, 5.74) is 1.12. The molecule has 24 heavy (non-hydrogen) atoms. The van der Waals surface area contributed by atoms with Gasteiger partial charge >= 0.3 is 0 Å². The average molecular weight is 328 g/mol. The van der Waals surface area contributed by atoms with Crippen molar-refractivity contribution in [2.75, 3.05) is 12.4 Å². The Bertz CT molecular complexity index is 835. The summed E-state index contributed by atoms with van der Waals surface area (Å²) < 4.78 is 20.8. The van der Waals surface area contributed by atoms with Crippen LogP contribution in [0.25, 0.3) is 11.3 Å². The van der Waals surface area contributed by atoms with E-state index >= 15 is 0 Å². The van der Waals surface area contributed by atoms with Gasteiger partial charge in [-0.2, -0.15) is 5.10 Å². The smallest absolute Gasteiger partial charge is 0.243 e. The Morgan fingerprint density at radius 3 is 2.96 bits per heavy atom. The standard InChI is InChI=1S/C16H17FN6O/c1-3-23-7-6-18-15(23)10-19-16-21-13(9-20-22-16)11-4-5-14(24-2)12(17)8-11/h4-9H,3,10H2,1-2H3,(H,19,21,22). The van der Waals surface area contributed by atoms with Gasteiger partial charge in [0, 0.05) is 24.5 Å². The Kier molecular flexibility index (Phi) is 4.64. The lowest BCUT2D eigenvalue weighted by atomic mass is 10.1. The van der Waals surface area contributed by atoms with Gasteiger partial charge in [0.15, 0.2) is 11.6 Å². The van der Waals surface area contributed by atoms with Crippen LogP contribution in [0.3, 0.4) is 0 Å². The van der Waals surface area contributed by atoms with Gasteiger partial charge in [-0.15, -0.1) is 5.10 Å². The van der Waals surface area contributed by atoms with E-state index in [1.54, 1.807) is 18.3 Å². The van der Waals surface area contributed by atoms with Crippen LogP contribution >= 0.6 is 0 Å². The fourth-order valence-corrected chi connectivity index (χ4v) is 2.30. The zero-order valence-electron chi connectivity index (χ0n) is 13.4. The number of rotatable bonds is 6. The molecule has 124 valence electrons. The van der Waals surface area contributed by atoms with Crippen LogP contribution in [-0.4, -0.2) is 31.8 Å². The van der Waals surface area contributed by atoms with Gasteiger partial charge in [-0.25, -0.2) is 14.4 Å². The van der Waals surface area contributed by atoms with Crippen molar-refractivity contribution in [3.05, 3.63) is 48.4 Å². The fourth-order valence-electron chi connectivity index (χ4n) is 2.30. The minimum atomic E-state index is -0.451. The molecule has 0 spiro atoms. The number of imidazole rings is 1. The summed E-state index contributed by atoms with van der Waals surface area (Å²) in [4.78, 5) is 8.64. The zero-order chi connectivity index (χ0) is 16.9. The zero-order valence-corrected chi connectivity index (χ0v) is 13.4. The van der Waals surface area contributed by atoms with Gasteiger partial charge in [-0.05, 0) is 25.1 Å². The van der Waals surface area contributed by atoms with E-state index in [0.29, 0.717) is 23.8 Å². The Morgan fingerprint density at radius 2 is 2.21 bits per heavy atom. The maximum atomic E-state index is 13.8. The molecule has 0 amide bonds. The van der Waals surface area contributed by atoms with E-state index in [0.717, 1.165) is 12.4 Å². The van der Waals surface area contributed by atoms with E-state index in [1.165, 1.54) is 19.4 Å². The first-order chi connectivity index (χ1) is 11.7. The normalized spacial score (nSPS) is 10.6. The van der Waals surface area contributed by atoms with E-state index < -0.39 is 5.82 Å². The molecule has 2 aromatic heterocycles. The highest BCUT2D eigenvalue weighted by molar-refractivity contribution is 5.60. The summed E-state index contributed by atoms with van der Waals surface area (Å²) in [5, 5.41) is 11.0. The van der Waals surface area contributed by atoms with Crippen LogP contribution in [-0.2, 0) is 13.1 Å². The molecule has 3 aromatic rings. The van der Waals surface area contributed by atoms with Crippen molar-refractivity contribution in [1.29, 1.82) is 0 Å². The van der Waals surface area contributed by atoms with Crippen LogP contribution in [0.5, 0.6) is 5.75 Å². The van der Waals surface area contributed by atoms with Gasteiger partial charge in [0.2, 0.25) is 5.95 Å². The molecule has 0 atom stereocenters. The van der Waals surface area contributed by atoms with Crippen LogP contribution in [0, 0.1) is 5.82 Å². The molecule has 0 unspecified atom stereocenters. The second-order valence-corrected chi connectivity index (χ2v) is 5.00. The number of methoxy groups -OCH3 is 1. The van der Waals surface area contributed by atoms with Crippen LogP contribution in [0.4, 0.5) is 10.3 Å². The van der Waals surface area contributed by atoms with E-state index in [2.05, 4.69) is 25.5 Å². The van der Waals surface area contributed by atoms with Crippen molar-refractivity contribution < 1.29 is 9.13 Å². The Balaban J connectivity index is 1.78. The maximum absolute atomic E-state index is 13.8. The van der Waals surface area contributed by atoms with Crippen molar-refractivity contribution in [1.82, 2.24) is 24.7 Å². The third-order valence-electron chi connectivity index (χ3n) is 3.55. The van der Waals surface area contributed by atoms with E-state index in [-0.39, 0.29) is 5.75 Å². The van der Waals surface area contributed by atoms with E-state index in [9.17, 15) is 4.39 Å². The molecule has 0 aliphatic rings. The maximum Gasteiger partial charge on any atom is 0.243 e. The predicted molar refractivity (Wildman–Crippen MR) is 87.0 cm³/mol. The first-order valence-electron chi connectivity index (χ1n) is 7.48. The number of halogens is 1. The molecule has 0 radical (unpaired) electrons. The Morgan fingerprint density at radius 1 is 1.33 bits per heavy atom. The third kappa shape index (κ3) is 3.32. The van der Waals surface area contributed by atoms with Crippen LogP contribution in [0.15, 0.2) is 36.8 Å². The Hall–Kier alpha value is -3.03. The molecule has 0 bridgehead atoms. The summed E-state index contributed by atoms with van der Waals surface area (Å²) in [7, 11) is 1.42. The molecule has 2 heterocycles. The number of nitrogens with one attached hydrogen (secondary N) is 1.